The van der Waals surface area contributed by atoms with E-state index < -0.39 is 0 Å². The number of hydrogen-bond donors (Lipinski definition) is 1. The summed E-state index contributed by atoms with van der Waals surface area (Å²) in [5.74, 6) is 0.604. The molecule has 6 heteroatoms. The van der Waals surface area contributed by atoms with Crippen LogP contribution in [0.25, 0.3) is 27.9 Å². The van der Waals surface area contributed by atoms with E-state index in [4.69, 9.17) is 10.00 Å². The number of carbonyl (C=O) groups is 1. The van der Waals surface area contributed by atoms with Gasteiger partial charge in [0.25, 0.3) is 0 Å². The molecule has 0 saturated carbocycles. The van der Waals surface area contributed by atoms with Gasteiger partial charge in [-0.15, -0.1) is 0 Å². The van der Waals surface area contributed by atoms with Crippen molar-refractivity contribution in [3.8, 4) is 11.8 Å². The third kappa shape index (κ3) is 4.96. The van der Waals surface area contributed by atoms with Crippen molar-refractivity contribution in [3.63, 3.8) is 0 Å². The zero-order chi connectivity index (χ0) is 22.2. The fourth-order valence-electron chi connectivity index (χ4n) is 3.65. The van der Waals surface area contributed by atoms with E-state index in [9.17, 15) is 4.79 Å². The molecule has 4 rings (SSSR count). The van der Waals surface area contributed by atoms with Gasteiger partial charge < -0.3 is 14.6 Å². The topological polar surface area (TPSA) is 79.9 Å². The average Bonchev–Trinajstić information content (AvgIpc) is 3.19. The Kier molecular flexibility index (Phi) is 6.78. The predicted octanol–water partition coefficient (Wildman–Crippen LogP) is 4.70. The number of nitrogens with one attached hydrogen (secondary N) is 1. The summed E-state index contributed by atoms with van der Waals surface area (Å²) >= 11 is 0. The number of amides is 1. The van der Waals surface area contributed by atoms with Crippen LogP contribution in [0.4, 0.5) is 0 Å². The number of rotatable bonds is 9. The molecule has 0 atom stereocenters. The molecule has 0 aliphatic carbocycles. The van der Waals surface area contributed by atoms with Crippen LogP contribution in [0.2, 0.25) is 0 Å². The zero-order valence-corrected chi connectivity index (χ0v) is 17.7. The van der Waals surface area contributed by atoms with Gasteiger partial charge in [0, 0.05) is 53.4 Å². The second-order valence-corrected chi connectivity index (χ2v) is 7.36. The van der Waals surface area contributed by atoms with Crippen molar-refractivity contribution in [2.24, 2.45) is 0 Å². The van der Waals surface area contributed by atoms with Crippen molar-refractivity contribution < 1.29 is 9.53 Å². The summed E-state index contributed by atoms with van der Waals surface area (Å²) in [5.41, 5.74) is 2.86. The third-order valence-corrected chi connectivity index (χ3v) is 5.17. The maximum Gasteiger partial charge on any atom is 0.244 e. The summed E-state index contributed by atoms with van der Waals surface area (Å²) in [7, 11) is 0. The SMILES string of the molecule is N#CCCn1cc(/C=C/C(=O)NCCCOc2cccc3cccnc23)c2ccccc21. The third-order valence-electron chi connectivity index (χ3n) is 5.17. The average molecular weight is 425 g/mol. The van der Waals surface area contributed by atoms with Gasteiger partial charge in [0.2, 0.25) is 5.91 Å². The molecular formula is C26H24N4O2. The summed E-state index contributed by atoms with van der Waals surface area (Å²) in [4.78, 5) is 16.6. The Labute approximate surface area is 186 Å². The number of nitriles is 1. The van der Waals surface area contributed by atoms with Crippen LogP contribution in [0.15, 0.2) is 73.1 Å². The first-order valence-corrected chi connectivity index (χ1v) is 10.6. The fourth-order valence-corrected chi connectivity index (χ4v) is 3.65. The van der Waals surface area contributed by atoms with Gasteiger partial charge in [-0.1, -0.05) is 36.4 Å². The number of para-hydroxylation sites is 2. The Morgan fingerprint density at radius 3 is 2.94 bits per heavy atom. The highest BCUT2D eigenvalue weighted by atomic mass is 16.5. The number of aryl methyl sites for hydroxylation is 1. The van der Waals surface area contributed by atoms with Crippen molar-refractivity contribution in [2.45, 2.75) is 19.4 Å². The van der Waals surface area contributed by atoms with Crippen LogP contribution in [-0.4, -0.2) is 28.6 Å². The van der Waals surface area contributed by atoms with Gasteiger partial charge in [-0.25, -0.2) is 0 Å². The second-order valence-electron chi connectivity index (χ2n) is 7.36. The van der Waals surface area contributed by atoms with Gasteiger partial charge >= 0.3 is 0 Å². The molecule has 0 aliphatic heterocycles. The number of nitrogens with zero attached hydrogens (tertiary/aromatic N) is 3. The summed E-state index contributed by atoms with van der Waals surface area (Å²) in [5, 5.41) is 13.9. The lowest BCUT2D eigenvalue weighted by Crippen LogP contribution is -2.23. The molecule has 32 heavy (non-hydrogen) atoms. The highest BCUT2D eigenvalue weighted by Crippen LogP contribution is 2.24. The van der Waals surface area contributed by atoms with Crippen LogP contribution in [0.5, 0.6) is 5.75 Å². The van der Waals surface area contributed by atoms with E-state index in [1.54, 1.807) is 12.3 Å². The van der Waals surface area contributed by atoms with Crippen molar-refractivity contribution >= 4 is 33.8 Å². The highest BCUT2D eigenvalue weighted by molar-refractivity contribution is 5.96. The lowest BCUT2D eigenvalue weighted by Gasteiger charge is -2.08. The lowest BCUT2D eigenvalue weighted by molar-refractivity contribution is -0.116. The monoisotopic (exact) mass is 424 g/mol. The number of pyridine rings is 1. The molecule has 0 radical (unpaired) electrons. The predicted molar refractivity (Wildman–Crippen MR) is 126 cm³/mol. The van der Waals surface area contributed by atoms with E-state index in [0.717, 1.165) is 33.1 Å². The minimum atomic E-state index is -0.148. The quantitative estimate of drug-likeness (QED) is 0.312. The summed E-state index contributed by atoms with van der Waals surface area (Å²) in [6, 6.07) is 19.9. The molecule has 1 amide bonds. The van der Waals surface area contributed by atoms with E-state index in [1.165, 1.54) is 0 Å². The number of benzene rings is 2. The molecule has 0 spiro atoms. The number of fused-ring (bicyclic) bond motifs is 2. The van der Waals surface area contributed by atoms with Gasteiger partial charge in [0.1, 0.15) is 11.3 Å². The van der Waals surface area contributed by atoms with E-state index in [2.05, 4.69) is 20.9 Å². The number of ether oxygens (including phenoxy) is 1. The van der Waals surface area contributed by atoms with E-state index in [-0.39, 0.29) is 5.91 Å². The maximum atomic E-state index is 12.2. The first-order chi connectivity index (χ1) is 15.8. The summed E-state index contributed by atoms with van der Waals surface area (Å²) in [6.45, 7) is 1.64. The molecule has 2 aromatic carbocycles. The minimum absolute atomic E-state index is 0.148. The Morgan fingerprint density at radius 2 is 2.03 bits per heavy atom. The molecule has 160 valence electrons. The smallest absolute Gasteiger partial charge is 0.244 e. The number of hydrogen-bond acceptors (Lipinski definition) is 4. The molecule has 6 nitrogen and oxygen atoms in total. The van der Waals surface area contributed by atoms with Crippen LogP contribution < -0.4 is 10.1 Å². The molecule has 0 fully saturated rings. The maximum absolute atomic E-state index is 12.2. The van der Waals surface area contributed by atoms with E-state index >= 15 is 0 Å². The van der Waals surface area contributed by atoms with Gasteiger partial charge in [-0.3, -0.25) is 9.78 Å². The van der Waals surface area contributed by atoms with Crippen LogP contribution in [0.1, 0.15) is 18.4 Å². The normalized spacial score (nSPS) is 11.1. The molecule has 0 saturated heterocycles. The molecule has 0 aliphatic rings. The molecule has 1 N–H and O–H groups in total. The van der Waals surface area contributed by atoms with Crippen LogP contribution >= 0.6 is 0 Å². The van der Waals surface area contributed by atoms with Crippen LogP contribution in [0, 0.1) is 11.3 Å². The lowest BCUT2D eigenvalue weighted by atomic mass is 10.1. The Hall–Kier alpha value is -4.11. The summed E-state index contributed by atoms with van der Waals surface area (Å²) < 4.78 is 7.91. The van der Waals surface area contributed by atoms with Crippen molar-refractivity contribution in [3.05, 3.63) is 78.6 Å². The Balaban J connectivity index is 1.28. The van der Waals surface area contributed by atoms with E-state index in [1.807, 2.05) is 66.9 Å². The zero-order valence-electron chi connectivity index (χ0n) is 17.7. The molecule has 0 unspecified atom stereocenters. The summed E-state index contributed by atoms with van der Waals surface area (Å²) in [6.07, 6.45) is 8.24. The van der Waals surface area contributed by atoms with Crippen LogP contribution in [0.3, 0.4) is 0 Å². The van der Waals surface area contributed by atoms with Crippen molar-refractivity contribution in [1.82, 2.24) is 14.9 Å². The molecule has 2 heterocycles. The van der Waals surface area contributed by atoms with Crippen molar-refractivity contribution in [2.75, 3.05) is 13.2 Å². The van der Waals surface area contributed by atoms with Gasteiger partial charge in [-0.2, -0.15) is 5.26 Å². The van der Waals surface area contributed by atoms with Gasteiger partial charge in [-0.05, 0) is 30.7 Å². The van der Waals surface area contributed by atoms with Gasteiger partial charge in [0.15, 0.2) is 0 Å². The minimum Gasteiger partial charge on any atom is -0.491 e. The molecule has 4 aromatic rings. The first kappa shape index (κ1) is 21.1. The first-order valence-electron chi connectivity index (χ1n) is 10.6. The number of carbonyl (C=O) groups excluding carboxylic acids is 1. The Morgan fingerprint density at radius 1 is 1.16 bits per heavy atom. The Bertz CT molecular complexity index is 1290. The standard InChI is InChI=1S/C26H24N4O2/c27-14-5-17-30-19-21(22-9-1-2-10-23(22)30)12-13-25(31)28-16-6-18-32-24-11-3-7-20-8-4-15-29-26(20)24/h1-4,7-13,15,19H,5-6,16-18H2,(H,28,31)/b13-12+. The molecule has 2 aromatic heterocycles. The fraction of sp³-hybridized carbons (Fsp3) is 0.192. The van der Waals surface area contributed by atoms with Crippen molar-refractivity contribution in [1.29, 1.82) is 5.26 Å². The largest absolute Gasteiger partial charge is 0.491 e. The van der Waals surface area contributed by atoms with E-state index in [0.29, 0.717) is 32.5 Å². The second kappa shape index (κ2) is 10.3. The van der Waals surface area contributed by atoms with Crippen LogP contribution in [-0.2, 0) is 11.3 Å². The highest BCUT2D eigenvalue weighted by Gasteiger charge is 2.06. The molecule has 0 bridgehead atoms. The van der Waals surface area contributed by atoms with Gasteiger partial charge in [0.05, 0.1) is 19.1 Å². The molecular weight excluding hydrogens is 400 g/mol. The number of aromatic nitrogens is 2.